The minimum Gasteiger partial charge on any atom is -0.383 e. The molecule has 0 unspecified atom stereocenters. The maximum Gasteiger partial charge on any atom is 0.215 e. The molecule has 1 N–H and O–H groups in total. The Morgan fingerprint density at radius 1 is 1.32 bits per heavy atom. The molecule has 1 aliphatic rings. The zero-order chi connectivity index (χ0) is 15.2. The molecule has 0 bridgehead atoms. The predicted octanol–water partition coefficient (Wildman–Crippen LogP) is 0.929. The molecule has 0 aromatic carbocycles. The maximum atomic E-state index is 5.19. The van der Waals surface area contributed by atoms with Crippen molar-refractivity contribution in [2.75, 3.05) is 26.8 Å². The van der Waals surface area contributed by atoms with Crippen LogP contribution >= 0.6 is 11.3 Å². The predicted molar refractivity (Wildman–Crippen MR) is 85.0 cm³/mol. The molecule has 2 aromatic heterocycles. The van der Waals surface area contributed by atoms with Gasteiger partial charge in [-0.1, -0.05) is 6.07 Å². The second-order valence-electron chi connectivity index (χ2n) is 5.77. The second kappa shape index (κ2) is 7.80. The Morgan fingerprint density at radius 3 is 2.82 bits per heavy atom. The zero-order valence-electron chi connectivity index (χ0n) is 13.1. The number of thiophene rings is 1. The van der Waals surface area contributed by atoms with Crippen molar-refractivity contribution in [2.24, 2.45) is 0 Å². The first-order valence-electron chi connectivity index (χ1n) is 8.03. The van der Waals surface area contributed by atoms with Crippen molar-refractivity contribution < 1.29 is 9.64 Å². The summed E-state index contributed by atoms with van der Waals surface area (Å²) in [5.41, 5.74) is 0. The van der Waals surface area contributed by atoms with E-state index in [1.807, 2.05) is 4.68 Å². The molecule has 0 aliphatic carbocycles. The Bertz CT molecular complexity index is 548. The molecular formula is C15H24N5OS+. The van der Waals surface area contributed by atoms with Crippen LogP contribution in [0.4, 0.5) is 0 Å². The van der Waals surface area contributed by atoms with Crippen LogP contribution in [0.1, 0.15) is 42.4 Å². The van der Waals surface area contributed by atoms with Gasteiger partial charge in [-0.2, -0.15) is 0 Å². The number of likely N-dealkylation sites (tertiary alicyclic amines) is 1. The molecule has 6 nitrogen and oxygen atoms in total. The number of ether oxygens (including phenoxy) is 1. The third kappa shape index (κ3) is 3.53. The largest absolute Gasteiger partial charge is 0.383 e. The quantitative estimate of drug-likeness (QED) is 0.859. The summed E-state index contributed by atoms with van der Waals surface area (Å²) in [5, 5.41) is 14.6. The molecule has 7 heteroatoms. The molecule has 1 aliphatic heterocycles. The van der Waals surface area contributed by atoms with E-state index in [0.29, 0.717) is 13.2 Å². The topological polar surface area (TPSA) is 57.3 Å². The molecule has 0 radical (unpaired) electrons. The van der Waals surface area contributed by atoms with Crippen LogP contribution in [0.15, 0.2) is 17.5 Å². The first kappa shape index (κ1) is 15.6. The number of quaternary nitrogens is 1. The molecule has 0 spiro atoms. The minimum absolute atomic E-state index is 0.241. The van der Waals surface area contributed by atoms with Crippen molar-refractivity contribution in [2.45, 2.75) is 38.3 Å². The van der Waals surface area contributed by atoms with E-state index in [1.165, 1.54) is 43.6 Å². The van der Waals surface area contributed by atoms with Crippen LogP contribution in [-0.2, 0) is 11.3 Å². The molecule has 0 amide bonds. The summed E-state index contributed by atoms with van der Waals surface area (Å²) in [6.07, 6.45) is 5.26. The number of nitrogens with one attached hydrogen (secondary N) is 1. The molecule has 1 fully saturated rings. The third-order valence-corrected chi connectivity index (χ3v) is 5.24. The number of rotatable bonds is 6. The van der Waals surface area contributed by atoms with Crippen LogP contribution in [0.3, 0.4) is 0 Å². The highest BCUT2D eigenvalue weighted by Crippen LogP contribution is 2.22. The fraction of sp³-hybridized carbons (Fsp3) is 0.667. The molecule has 1 atom stereocenters. The molecule has 120 valence electrons. The second-order valence-corrected chi connectivity index (χ2v) is 6.75. The molecule has 0 saturated carbocycles. The highest BCUT2D eigenvalue weighted by Gasteiger charge is 2.32. The van der Waals surface area contributed by atoms with Gasteiger partial charge in [0.2, 0.25) is 5.82 Å². The van der Waals surface area contributed by atoms with Crippen LogP contribution in [0.2, 0.25) is 0 Å². The van der Waals surface area contributed by atoms with Crippen molar-refractivity contribution in [3.63, 3.8) is 0 Å². The molecule has 2 aromatic rings. The minimum atomic E-state index is 0.241. The van der Waals surface area contributed by atoms with Crippen LogP contribution in [0.25, 0.3) is 0 Å². The van der Waals surface area contributed by atoms with Gasteiger partial charge in [0, 0.05) is 7.11 Å². The van der Waals surface area contributed by atoms with Crippen molar-refractivity contribution in [3.8, 4) is 0 Å². The number of aromatic nitrogens is 4. The Balaban J connectivity index is 1.90. The number of tetrazole rings is 1. The third-order valence-electron chi connectivity index (χ3n) is 4.31. The zero-order valence-corrected chi connectivity index (χ0v) is 13.9. The van der Waals surface area contributed by atoms with E-state index >= 15 is 0 Å². The normalized spacial score (nSPS) is 18.2. The van der Waals surface area contributed by atoms with Gasteiger partial charge in [0.05, 0.1) is 31.1 Å². The highest BCUT2D eigenvalue weighted by molar-refractivity contribution is 7.10. The van der Waals surface area contributed by atoms with Gasteiger partial charge in [-0.25, -0.2) is 4.68 Å². The van der Waals surface area contributed by atoms with Gasteiger partial charge in [-0.3, -0.25) is 0 Å². The molecular weight excluding hydrogens is 298 g/mol. The summed E-state index contributed by atoms with van der Waals surface area (Å²) in [5.74, 6) is 0.969. The summed E-state index contributed by atoms with van der Waals surface area (Å²) in [6.45, 7) is 3.72. The van der Waals surface area contributed by atoms with E-state index in [-0.39, 0.29) is 6.04 Å². The average molecular weight is 322 g/mol. The van der Waals surface area contributed by atoms with E-state index in [0.717, 1.165) is 5.82 Å². The fourth-order valence-corrected chi connectivity index (χ4v) is 4.07. The Morgan fingerprint density at radius 2 is 2.14 bits per heavy atom. The van der Waals surface area contributed by atoms with Crippen molar-refractivity contribution in [1.82, 2.24) is 20.2 Å². The lowest BCUT2D eigenvalue weighted by atomic mass is 10.1. The van der Waals surface area contributed by atoms with E-state index < -0.39 is 0 Å². The summed E-state index contributed by atoms with van der Waals surface area (Å²) in [6, 6.07) is 4.57. The van der Waals surface area contributed by atoms with Crippen LogP contribution in [0, 0.1) is 0 Å². The number of hydrogen-bond acceptors (Lipinski definition) is 5. The van der Waals surface area contributed by atoms with E-state index in [2.05, 4.69) is 33.0 Å². The van der Waals surface area contributed by atoms with E-state index in [4.69, 9.17) is 4.74 Å². The Kier molecular flexibility index (Phi) is 5.53. The monoisotopic (exact) mass is 322 g/mol. The van der Waals surface area contributed by atoms with Gasteiger partial charge in [-0.05, 0) is 47.6 Å². The van der Waals surface area contributed by atoms with Gasteiger partial charge in [-0.15, -0.1) is 16.4 Å². The van der Waals surface area contributed by atoms with Crippen LogP contribution < -0.4 is 4.90 Å². The van der Waals surface area contributed by atoms with Gasteiger partial charge >= 0.3 is 0 Å². The summed E-state index contributed by atoms with van der Waals surface area (Å²) in [7, 11) is 1.71. The molecule has 1 saturated heterocycles. The van der Waals surface area contributed by atoms with Crippen LogP contribution in [0.5, 0.6) is 0 Å². The average Bonchev–Trinajstić information content (AvgIpc) is 3.14. The SMILES string of the molecule is COCCn1nnnc1[C@@H](c1cccs1)[NH+]1CCCCCC1. The van der Waals surface area contributed by atoms with Gasteiger partial charge in [0.1, 0.15) is 0 Å². The lowest BCUT2D eigenvalue weighted by Crippen LogP contribution is -3.12. The summed E-state index contributed by atoms with van der Waals surface area (Å²) in [4.78, 5) is 2.94. The number of hydrogen-bond donors (Lipinski definition) is 1. The van der Waals surface area contributed by atoms with Crippen molar-refractivity contribution in [1.29, 1.82) is 0 Å². The lowest BCUT2D eigenvalue weighted by molar-refractivity contribution is -0.925. The van der Waals surface area contributed by atoms with E-state index in [9.17, 15) is 0 Å². The van der Waals surface area contributed by atoms with Crippen LogP contribution in [-0.4, -0.2) is 47.0 Å². The van der Waals surface area contributed by atoms with Gasteiger partial charge in [0.15, 0.2) is 6.04 Å². The standard InChI is InChI=1S/C15H23N5OS/c1-21-11-10-20-15(16-17-18-20)14(13-7-6-12-22-13)19-8-4-2-3-5-9-19/h6-7,12,14H,2-5,8-11H2,1H3/p+1/t14-/m1/s1. The first-order chi connectivity index (χ1) is 10.9. The van der Waals surface area contributed by atoms with Crippen molar-refractivity contribution >= 4 is 11.3 Å². The number of nitrogens with zero attached hydrogens (tertiary/aromatic N) is 4. The van der Waals surface area contributed by atoms with Gasteiger partial charge < -0.3 is 9.64 Å². The van der Waals surface area contributed by atoms with Crippen molar-refractivity contribution in [3.05, 3.63) is 28.2 Å². The van der Waals surface area contributed by atoms with Gasteiger partial charge in [0.25, 0.3) is 0 Å². The first-order valence-corrected chi connectivity index (χ1v) is 8.91. The van der Waals surface area contributed by atoms with E-state index in [1.54, 1.807) is 23.3 Å². The fourth-order valence-electron chi connectivity index (χ4n) is 3.19. The maximum absolute atomic E-state index is 5.19. The lowest BCUT2D eigenvalue weighted by Gasteiger charge is -2.26. The highest BCUT2D eigenvalue weighted by atomic mass is 32.1. The molecule has 22 heavy (non-hydrogen) atoms. The molecule has 3 rings (SSSR count). The summed E-state index contributed by atoms with van der Waals surface area (Å²) < 4.78 is 7.09. The summed E-state index contributed by atoms with van der Waals surface area (Å²) >= 11 is 1.80. The Hall–Kier alpha value is -1.31. The smallest absolute Gasteiger partial charge is 0.215 e. The molecule has 3 heterocycles. The Labute approximate surface area is 135 Å². The number of methoxy groups -OCH3 is 1.